The summed E-state index contributed by atoms with van der Waals surface area (Å²) in [7, 11) is -3.79. The number of sulfone groups is 1. The number of fused-ring (bicyclic) bond motifs is 3. The van der Waals surface area contributed by atoms with Gasteiger partial charge in [-0.15, -0.1) is 10.2 Å². The van der Waals surface area contributed by atoms with Crippen LogP contribution in [-0.2, 0) is 16.4 Å². The lowest BCUT2D eigenvalue weighted by Crippen LogP contribution is -2.24. The van der Waals surface area contributed by atoms with Crippen LogP contribution in [0.3, 0.4) is 0 Å². The normalized spacial score (nSPS) is 11.9. The molecule has 0 aliphatic rings. The van der Waals surface area contributed by atoms with E-state index in [-0.39, 0.29) is 27.3 Å². The molecule has 2 heterocycles. The van der Waals surface area contributed by atoms with E-state index in [9.17, 15) is 13.2 Å². The zero-order valence-electron chi connectivity index (χ0n) is 16.9. The van der Waals surface area contributed by atoms with Crippen LogP contribution in [0.4, 0.5) is 0 Å². The molecule has 0 spiro atoms. The molecule has 0 aliphatic heterocycles. The molecule has 0 amide bonds. The van der Waals surface area contributed by atoms with Gasteiger partial charge in [-0.25, -0.2) is 8.42 Å². The van der Waals surface area contributed by atoms with Gasteiger partial charge in [0.15, 0.2) is 0 Å². The van der Waals surface area contributed by atoms with Gasteiger partial charge in [-0.2, -0.15) is 0 Å². The third-order valence-electron chi connectivity index (χ3n) is 5.36. The molecule has 0 aliphatic carbocycles. The number of rotatable bonds is 4. The second kappa shape index (κ2) is 7.68. The zero-order chi connectivity index (χ0) is 22.5. The first-order valence-corrected chi connectivity index (χ1v) is 12.1. The lowest BCUT2D eigenvalue weighted by Gasteiger charge is -2.12. The minimum absolute atomic E-state index is 0.0563. The van der Waals surface area contributed by atoms with Crippen molar-refractivity contribution in [3.05, 3.63) is 99.0 Å². The largest absolute Gasteiger partial charge is 0.272 e. The summed E-state index contributed by atoms with van der Waals surface area (Å²) in [6.45, 7) is 2.17. The van der Waals surface area contributed by atoms with Crippen LogP contribution in [0.15, 0.2) is 92.1 Å². The molecule has 0 bridgehead atoms. The zero-order valence-corrected chi connectivity index (χ0v) is 19.3. The van der Waals surface area contributed by atoms with Gasteiger partial charge < -0.3 is 0 Å². The Kier molecular flexibility index (Phi) is 4.94. The molecule has 32 heavy (non-hydrogen) atoms. The Morgan fingerprint density at radius 3 is 2.31 bits per heavy atom. The fourth-order valence-corrected chi connectivity index (χ4v) is 5.40. The van der Waals surface area contributed by atoms with E-state index >= 15 is 0 Å². The smallest absolute Gasteiger partial charge is 0.263 e. The Labute approximate surface area is 192 Å². The molecule has 0 saturated carbocycles. The number of hydrogen-bond acceptors (Lipinski definition) is 5. The topological polar surface area (TPSA) is 86.3 Å². The summed E-state index contributed by atoms with van der Waals surface area (Å²) >= 11 is 3.39. The predicted octanol–water partition coefficient (Wildman–Crippen LogP) is 4.00. The van der Waals surface area contributed by atoms with Crippen molar-refractivity contribution in [1.82, 2.24) is 19.2 Å². The van der Waals surface area contributed by atoms with Gasteiger partial charge in [0.25, 0.3) is 5.56 Å². The Balaban J connectivity index is 1.76. The second-order valence-electron chi connectivity index (χ2n) is 7.48. The maximum Gasteiger partial charge on any atom is 0.263 e. The van der Waals surface area contributed by atoms with Gasteiger partial charge in [-0.05, 0) is 58.7 Å². The maximum atomic E-state index is 13.5. The highest BCUT2D eigenvalue weighted by atomic mass is 79.9. The SMILES string of the molecule is Cc1ccc(S(=O)(=O)c2ccc3c(c2)c(=O)n(Cc2ccccc2)c2nnc(Br)n32)cc1. The highest BCUT2D eigenvalue weighted by Crippen LogP contribution is 2.25. The van der Waals surface area contributed by atoms with Crippen LogP contribution < -0.4 is 5.56 Å². The van der Waals surface area contributed by atoms with Crippen LogP contribution in [0.5, 0.6) is 0 Å². The maximum absolute atomic E-state index is 13.5. The molecule has 0 radical (unpaired) electrons. The van der Waals surface area contributed by atoms with E-state index in [2.05, 4.69) is 26.1 Å². The van der Waals surface area contributed by atoms with Gasteiger partial charge >= 0.3 is 0 Å². The summed E-state index contributed by atoms with van der Waals surface area (Å²) in [6.07, 6.45) is 0. The van der Waals surface area contributed by atoms with Crippen molar-refractivity contribution < 1.29 is 8.42 Å². The Morgan fingerprint density at radius 2 is 1.59 bits per heavy atom. The molecular weight excluding hydrogens is 492 g/mol. The van der Waals surface area contributed by atoms with Crippen LogP contribution in [0.2, 0.25) is 0 Å². The summed E-state index contributed by atoms with van der Waals surface area (Å²) in [4.78, 5) is 13.7. The molecule has 7 nitrogen and oxygen atoms in total. The molecule has 0 N–H and O–H groups in total. The molecule has 0 unspecified atom stereocenters. The van der Waals surface area contributed by atoms with Gasteiger partial charge in [0.05, 0.1) is 27.2 Å². The fourth-order valence-electron chi connectivity index (χ4n) is 3.69. The second-order valence-corrected chi connectivity index (χ2v) is 10.1. The summed E-state index contributed by atoms with van der Waals surface area (Å²) in [5.41, 5.74) is 2.07. The lowest BCUT2D eigenvalue weighted by molar-refractivity contribution is 0.596. The third-order valence-corrected chi connectivity index (χ3v) is 7.64. The Hall–Kier alpha value is -3.30. The molecule has 9 heteroatoms. The first-order valence-electron chi connectivity index (χ1n) is 9.79. The van der Waals surface area contributed by atoms with Gasteiger partial charge in [-0.3, -0.25) is 13.8 Å². The first-order chi connectivity index (χ1) is 15.4. The fraction of sp³-hybridized carbons (Fsp3) is 0.0870. The van der Waals surface area contributed by atoms with Crippen LogP contribution >= 0.6 is 15.9 Å². The van der Waals surface area contributed by atoms with E-state index in [1.807, 2.05) is 37.3 Å². The van der Waals surface area contributed by atoms with Crippen LogP contribution in [0, 0.1) is 6.92 Å². The van der Waals surface area contributed by atoms with E-state index in [4.69, 9.17) is 0 Å². The number of halogens is 1. The summed E-state index contributed by atoms with van der Waals surface area (Å²) in [5.74, 6) is 0.368. The van der Waals surface area contributed by atoms with Gasteiger partial charge in [0, 0.05) is 0 Å². The quantitative estimate of drug-likeness (QED) is 0.366. The van der Waals surface area contributed by atoms with E-state index < -0.39 is 9.84 Å². The minimum atomic E-state index is -3.79. The predicted molar refractivity (Wildman–Crippen MR) is 125 cm³/mol. The summed E-state index contributed by atoms with van der Waals surface area (Å²) in [6, 6.07) is 20.7. The van der Waals surface area contributed by atoms with Crippen LogP contribution in [-0.4, -0.2) is 27.6 Å². The molecule has 0 saturated heterocycles. The van der Waals surface area contributed by atoms with Gasteiger partial charge in [-0.1, -0.05) is 48.0 Å². The van der Waals surface area contributed by atoms with Crippen molar-refractivity contribution in [2.45, 2.75) is 23.3 Å². The summed E-state index contributed by atoms with van der Waals surface area (Å²) in [5, 5.41) is 8.50. The third kappa shape index (κ3) is 3.34. The minimum Gasteiger partial charge on any atom is -0.272 e. The van der Waals surface area contributed by atoms with Crippen LogP contribution in [0.1, 0.15) is 11.1 Å². The van der Waals surface area contributed by atoms with E-state index in [0.717, 1.165) is 11.1 Å². The molecule has 0 fully saturated rings. The standard InChI is InChI=1S/C23H17BrN4O3S/c1-15-7-9-17(10-8-15)32(30,31)18-11-12-20-19(13-18)21(29)27(14-16-5-3-2-4-6-16)23-26-25-22(24)28(20)23/h2-13H,14H2,1H3. The molecule has 3 aromatic carbocycles. The average Bonchev–Trinajstić information content (AvgIpc) is 3.18. The first kappa shape index (κ1) is 20.6. The van der Waals surface area contributed by atoms with Gasteiger partial charge in [0.1, 0.15) is 0 Å². The highest BCUT2D eigenvalue weighted by Gasteiger charge is 2.21. The molecule has 5 aromatic rings. The number of aromatic nitrogens is 4. The Bertz CT molecular complexity index is 1640. The average molecular weight is 509 g/mol. The van der Waals surface area contributed by atoms with Crippen molar-refractivity contribution in [3.63, 3.8) is 0 Å². The van der Waals surface area contributed by atoms with Crippen molar-refractivity contribution in [1.29, 1.82) is 0 Å². The van der Waals surface area contributed by atoms with Crippen molar-refractivity contribution in [2.24, 2.45) is 0 Å². The van der Waals surface area contributed by atoms with Crippen molar-refractivity contribution in [3.8, 4) is 0 Å². The van der Waals surface area contributed by atoms with Gasteiger partial charge in [0.2, 0.25) is 20.3 Å². The number of hydrogen-bond donors (Lipinski definition) is 0. The molecule has 0 atom stereocenters. The lowest BCUT2D eigenvalue weighted by atomic mass is 10.2. The molecule has 2 aromatic heterocycles. The van der Waals surface area contributed by atoms with E-state index in [0.29, 0.717) is 16.0 Å². The molecule has 5 rings (SSSR count). The van der Waals surface area contributed by atoms with Crippen molar-refractivity contribution >= 4 is 42.4 Å². The number of aryl methyl sites for hydroxylation is 1. The molecule has 160 valence electrons. The highest BCUT2D eigenvalue weighted by molar-refractivity contribution is 9.10. The monoisotopic (exact) mass is 508 g/mol. The van der Waals surface area contributed by atoms with E-state index in [1.54, 1.807) is 34.7 Å². The number of nitrogens with zero attached hydrogens (tertiary/aromatic N) is 4. The van der Waals surface area contributed by atoms with Crippen LogP contribution in [0.25, 0.3) is 16.7 Å². The molecular formula is C23H17BrN4O3S. The van der Waals surface area contributed by atoms with E-state index in [1.165, 1.54) is 16.7 Å². The summed E-state index contributed by atoms with van der Waals surface area (Å²) < 4.78 is 30.0. The Morgan fingerprint density at radius 1 is 0.906 bits per heavy atom. The number of benzene rings is 3. The van der Waals surface area contributed by atoms with Crippen molar-refractivity contribution in [2.75, 3.05) is 0 Å².